The van der Waals surface area contributed by atoms with Gasteiger partial charge >= 0.3 is 0 Å². The number of allylic oxidation sites excluding steroid dienone is 3. The lowest BCUT2D eigenvalue weighted by molar-refractivity contribution is -0.122. The van der Waals surface area contributed by atoms with E-state index in [9.17, 15) is 4.79 Å². The minimum atomic E-state index is -0.180. The third-order valence-corrected chi connectivity index (χ3v) is 4.76. The maximum Gasteiger partial charge on any atom is 0.220 e. The number of hydrogen-bond donors (Lipinski definition) is 1. The lowest BCUT2D eigenvalue weighted by Gasteiger charge is -2.30. The van der Waals surface area contributed by atoms with E-state index < -0.39 is 0 Å². The Morgan fingerprint density at radius 2 is 2.11 bits per heavy atom. The highest BCUT2D eigenvalue weighted by molar-refractivity contribution is 8.01. The number of nitrogens with two attached hydrogens (primary N) is 1. The summed E-state index contributed by atoms with van der Waals surface area (Å²) in [7, 11) is 0. The van der Waals surface area contributed by atoms with Crippen LogP contribution in [0.5, 0.6) is 0 Å². The molecule has 0 aromatic rings. The van der Waals surface area contributed by atoms with E-state index in [4.69, 9.17) is 28.9 Å². The summed E-state index contributed by atoms with van der Waals surface area (Å²) in [5.74, 6) is -0.151. The van der Waals surface area contributed by atoms with Crippen molar-refractivity contribution in [1.82, 2.24) is 4.31 Å². The molecule has 1 aliphatic heterocycles. The number of alkyl halides is 1. The average Bonchev–Trinajstić information content (AvgIpc) is 2.28. The molecule has 2 aliphatic rings. The first kappa shape index (κ1) is 14.3. The van der Waals surface area contributed by atoms with E-state index in [-0.39, 0.29) is 17.2 Å². The molecule has 0 saturated carbocycles. The number of rotatable bonds is 3. The number of carbonyl (C=O) groups is 1. The van der Waals surface area contributed by atoms with Gasteiger partial charge in [0.05, 0.1) is 5.38 Å². The van der Waals surface area contributed by atoms with Crippen molar-refractivity contribution in [1.29, 1.82) is 0 Å². The summed E-state index contributed by atoms with van der Waals surface area (Å²) in [6, 6.07) is 0. The van der Waals surface area contributed by atoms with Crippen molar-refractivity contribution in [2.45, 2.75) is 24.6 Å². The number of carbonyl (C=O) groups excluding carboxylic acids is 1. The van der Waals surface area contributed by atoms with Gasteiger partial charge in [-0.2, -0.15) is 0 Å². The molecule has 0 aromatic heterocycles. The first-order valence-corrected chi connectivity index (χ1v) is 7.57. The summed E-state index contributed by atoms with van der Waals surface area (Å²) in [5, 5.41) is 0.778. The van der Waals surface area contributed by atoms with Gasteiger partial charge in [-0.1, -0.05) is 17.7 Å². The molecular formula is C12H16Cl2N2OS. The Morgan fingerprint density at radius 1 is 1.44 bits per heavy atom. The molecule has 3 nitrogen and oxygen atoms in total. The van der Waals surface area contributed by atoms with Crippen LogP contribution in [0.2, 0.25) is 0 Å². The van der Waals surface area contributed by atoms with Crippen LogP contribution < -0.4 is 5.73 Å². The summed E-state index contributed by atoms with van der Waals surface area (Å²) >= 11 is 13.8. The van der Waals surface area contributed by atoms with Crippen LogP contribution >= 0.6 is 35.1 Å². The van der Waals surface area contributed by atoms with E-state index >= 15 is 0 Å². The van der Waals surface area contributed by atoms with Crippen LogP contribution in [-0.2, 0) is 4.79 Å². The van der Waals surface area contributed by atoms with Crippen molar-refractivity contribution in [2.75, 3.05) is 13.1 Å². The van der Waals surface area contributed by atoms with Gasteiger partial charge in [-0.15, -0.1) is 11.6 Å². The summed E-state index contributed by atoms with van der Waals surface area (Å²) in [6.07, 6.45) is 6.36. The molecular weight excluding hydrogens is 291 g/mol. The molecule has 0 spiro atoms. The standard InChI is InChI=1S/C12H16Cl2N2OS/c13-9-5-10(14)7-11(6-9)18-16-3-1-8(2-4-16)12(15)17/h6-9H,1-5H2,(H2,15,17). The number of halogens is 2. The van der Waals surface area contributed by atoms with E-state index in [1.807, 2.05) is 12.2 Å². The summed E-state index contributed by atoms with van der Waals surface area (Å²) in [6.45, 7) is 1.74. The third-order valence-electron chi connectivity index (χ3n) is 3.12. The highest BCUT2D eigenvalue weighted by Gasteiger charge is 2.24. The molecule has 100 valence electrons. The van der Waals surface area contributed by atoms with Crippen molar-refractivity contribution < 1.29 is 4.79 Å². The second kappa shape index (κ2) is 6.33. The quantitative estimate of drug-likeness (QED) is 0.644. The fourth-order valence-corrected chi connectivity index (χ4v) is 4.04. The molecule has 1 fully saturated rings. The summed E-state index contributed by atoms with van der Waals surface area (Å²) in [4.78, 5) is 12.2. The van der Waals surface area contributed by atoms with E-state index in [1.54, 1.807) is 11.9 Å². The predicted octanol–water partition coefficient (Wildman–Crippen LogP) is 2.85. The molecule has 0 aromatic carbocycles. The van der Waals surface area contributed by atoms with Crippen molar-refractivity contribution >= 4 is 41.1 Å². The van der Waals surface area contributed by atoms with Crippen molar-refractivity contribution in [3.8, 4) is 0 Å². The lowest BCUT2D eigenvalue weighted by Crippen LogP contribution is -2.35. The van der Waals surface area contributed by atoms with E-state index in [0.717, 1.165) is 35.9 Å². The van der Waals surface area contributed by atoms with Gasteiger partial charge in [0.25, 0.3) is 0 Å². The van der Waals surface area contributed by atoms with Crippen LogP contribution in [0.25, 0.3) is 0 Å². The number of hydrogen-bond acceptors (Lipinski definition) is 3. The zero-order valence-electron chi connectivity index (χ0n) is 9.94. The van der Waals surface area contributed by atoms with Gasteiger partial charge in [0, 0.05) is 35.4 Å². The van der Waals surface area contributed by atoms with Crippen molar-refractivity contribution in [3.05, 3.63) is 22.1 Å². The highest BCUT2D eigenvalue weighted by Crippen LogP contribution is 2.34. The minimum Gasteiger partial charge on any atom is -0.369 e. The second-order valence-electron chi connectivity index (χ2n) is 4.58. The zero-order chi connectivity index (χ0) is 13.1. The van der Waals surface area contributed by atoms with Gasteiger partial charge in [-0.3, -0.25) is 4.79 Å². The molecule has 1 unspecified atom stereocenters. The van der Waals surface area contributed by atoms with E-state index in [1.165, 1.54) is 0 Å². The Morgan fingerprint density at radius 3 is 2.67 bits per heavy atom. The van der Waals surface area contributed by atoms with Crippen LogP contribution in [-0.4, -0.2) is 28.7 Å². The SMILES string of the molecule is NC(=O)C1CCN(SC2=CC(Cl)CC(Cl)=C2)CC1. The number of primary amides is 1. The van der Waals surface area contributed by atoms with Crippen molar-refractivity contribution in [2.24, 2.45) is 11.7 Å². The highest BCUT2D eigenvalue weighted by atomic mass is 35.5. The molecule has 6 heteroatoms. The number of nitrogens with zero attached hydrogens (tertiary/aromatic N) is 1. The van der Waals surface area contributed by atoms with Gasteiger partial charge in [0.1, 0.15) is 0 Å². The number of amides is 1. The van der Waals surface area contributed by atoms with Gasteiger partial charge in [-0.25, -0.2) is 4.31 Å². The molecule has 2 N–H and O–H groups in total. The molecule has 1 atom stereocenters. The lowest BCUT2D eigenvalue weighted by atomic mass is 9.98. The molecule has 18 heavy (non-hydrogen) atoms. The fraction of sp³-hybridized carbons (Fsp3) is 0.583. The van der Waals surface area contributed by atoms with Gasteiger partial charge < -0.3 is 5.73 Å². The monoisotopic (exact) mass is 306 g/mol. The zero-order valence-corrected chi connectivity index (χ0v) is 12.3. The third kappa shape index (κ3) is 3.92. The van der Waals surface area contributed by atoms with Crippen LogP contribution in [0.15, 0.2) is 22.1 Å². The van der Waals surface area contributed by atoms with E-state index in [0.29, 0.717) is 6.42 Å². The molecule has 1 amide bonds. The largest absolute Gasteiger partial charge is 0.369 e. The molecule has 2 rings (SSSR count). The predicted molar refractivity (Wildman–Crippen MR) is 77.4 cm³/mol. The summed E-state index contributed by atoms with van der Waals surface area (Å²) in [5.41, 5.74) is 5.31. The molecule has 0 bridgehead atoms. The van der Waals surface area contributed by atoms with Gasteiger partial charge in [0.15, 0.2) is 0 Å². The van der Waals surface area contributed by atoms with Crippen LogP contribution in [0.1, 0.15) is 19.3 Å². The topological polar surface area (TPSA) is 46.3 Å². The molecule has 1 aliphatic carbocycles. The Hall–Kier alpha value is -0.160. The number of piperidine rings is 1. The first-order valence-electron chi connectivity index (χ1n) is 5.99. The Balaban J connectivity index is 1.87. The van der Waals surface area contributed by atoms with Crippen LogP contribution in [0.4, 0.5) is 0 Å². The molecule has 0 radical (unpaired) electrons. The average molecular weight is 307 g/mol. The first-order chi connectivity index (χ1) is 8.54. The maximum atomic E-state index is 11.1. The maximum absolute atomic E-state index is 11.1. The van der Waals surface area contributed by atoms with Crippen LogP contribution in [0, 0.1) is 5.92 Å². The Bertz CT molecular complexity index is 390. The second-order valence-corrected chi connectivity index (χ2v) is 6.79. The van der Waals surface area contributed by atoms with Crippen LogP contribution in [0.3, 0.4) is 0 Å². The van der Waals surface area contributed by atoms with Gasteiger partial charge in [0.2, 0.25) is 5.91 Å². The van der Waals surface area contributed by atoms with Gasteiger partial charge in [-0.05, 0) is 30.9 Å². The summed E-state index contributed by atoms with van der Waals surface area (Å²) < 4.78 is 2.24. The minimum absolute atomic E-state index is 0.0202. The smallest absolute Gasteiger partial charge is 0.220 e. The fourth-order valence-electron chi connectivity index (χ4n) is 2.12. The Labute approximate surface area is 121 Å². The van der Waals surface area contributed by atoms with E-state index in [2.05, 4.69) is 4.31 Å². The Kier molecular flexibility index (Phi) is 5.01. The normalized spacial score (nSPS) is 26.7. The molecule has 1 saturated heterocycles. The van der Waals surface area contributed by atoms with Crippen molar-refractivity contribution in [3.63, 3.8) is 0 Å². The molecule has 1 heterocycles.